The predicted octanol–water partition coefficient (Wildman–Crippen LogP) is 4.01. The number of carbonyl (C=O) groups excluding carboxylic acids is 1. The number of ether oxygens (including phenoxy) is 2. The van der Waals surface area contributed by atoms with E-state index in [2.05, 4.69) is 9.72 Å². The summed E-state index contributed by atoms with van der Waals surface area (Å²) in [5.74, 6) is 1.09. The largest absolute Gasteiger partial charge is 0.496 e. The summed E-state index contributed by atoms with van der Waals surface area (Å²) in [6.07, 6.45) is 0.786. The number of benzene rings is 1. The minimum absolute atomic E-state index is 0.0877. The van der Waals surface area contributed by atoms with Gasteiger partial charge in [0.05, 0.1) is 19.6 Å². The fourth-order valence-electron chi connectivity index (χ4n) is 3.38. The van der Waals surface area contributed by atoms with Gasteiger partial charge in [-0.05, 0) is 39.3 Å². The molecule has 0 aliphatic carbocycles. The van der Waals surface area contributed by atoms with Crippen LogP contribution in [0.1, 0.15) is 29.1 Å². The highest BCUT2D eigenvalue weighted by Gasteiger charge is 2.21. The molecule has 7 heteroatoms. The van der Waals surface area contributed by atoms with Crippen LogP contribution in [0.15, 0.2) is 23.0 Å². The van der Waals surface area contributed by atoms with Gasteiger partial charge in [0.1, 0.15) is 16.4 Å². The van der Waals surface area contributed by atoms with Crippen molar-refractivity contribution in [3.05, 3.63) is 44.8 Å². The quantitative estimate of drug-likeness (QED) is 0.585. The molecule has 6 nitrogen and oxygen atoms in total. The van der Waals surface area contributed by atoms with Crippen LogP contribution in [0, 0.1) is 20.8 Å². The van der Waals surface area contributed by atoms with Crippen molar-refractivity contribution < 1.29 is 14.3 Å². The predicted molar refractivity (Wildman–Crippen MR) is 111 cm³/mol. The molecule has 0 bridgehead atoms. The molecule has 1 aromatic carbocycles. The molecule has 0 aliphatic heterocycles. The summed E-state index contributed by atoms with van der Waals surface area (Å²) in [5.41, 5.74) is 2.78. The Bertz CT molecular complexity index is 1100. The lowest BCUT2D eigenvalue weighted by atomic mass is 10.0. The second-order valence-electron chi connectivity index (χ2n) is 6.71. The first-order chi connectivity index (χ1) is 13.4. The number of esters is 1. The molecule has 0 N–H and O–H groups in total. The Hall–Kier alpha value is -2.67. The maximum absolute atomic E-state index is 13.4. The van der Waals surface area contributed by atoms with Crippen molar-refractivity contribution in [1.29, 1.82) is 0 Å². The van der Waals surface area contributed by atoms with Gasteiger partial charge in [-0.15, -0.1) is 11.3 Å². The Kier molecular flexibility index (Phi) is 5.84. The summed E-state index contributed by atoms with van der Waals surface area (Å²) in [6, 6.07) is 5.94. The number of nitrogens with zero attached hydrogens (tertiary/aromatic N) is 2. The molecule has 0 saturated carbocycles. The van der Waals surface area contributed by atoms with Gasteiger partial charge in [-0.2, -0.15) is 0 Å². The van der Waals surface area contributed by atoms with Crippen LogP contribution in [0.2, 0.25) is 0 Å². The number of thiophene rings is 1. The third kappa shape index (κ3) is 3.67. The first kappa shape index (κ1) is 20.1. The normalized spacial score (nSPS) is 11.0. The van der Waals surface area contributed by atoms with E-state index >= 15 is 0 Å². The van der Waals surface area contributed by atoms with Crippen LogP contribution in [0.5, 0.6) is 5.75 Å². The molecule has 2 heterocycles. The van der Waals surface area contributed by atoms with E-state index in [0.717, 1.165) is 32.1 Å². The average Bonchev–Trinajstić information content (AvgIpc) is 2.99. The number of carbonyl (C=O) groups is 1. The van der Waals surface area contributed by atoms with Crippen molar-refractivity contribution in [2.75, 3.05) is 14.2 Å². The van der Waals surface area contributed by atoms with Crippen molar-refractivity contribution in [2.45, 2.75) is 40.2 Å². The van der Waals surface area contributed by atoms with E-state index in [9.17, 15) is 9.59 Å². The molecule has 0 amide bonds. The molecule has 0 saturated heterocycles. The lowest BCUT2D eigenvalue weighted by Crippen LogP contribution is -2.24. The van der Waals surface area contributed by atoms with Crippen molar-refractivity contribution in [2.24, 2.45) is 0 Å². The fraction of sp³-hybridized carbons (Fsp3) is 0.381. The Morgan fingerprint density at radius 2 is 1.96 bits per heavy atom. The van der Waals surface area contributed by atoms with Crippen molar-refractivity contribution >= 4 is 27.5 Å². The number of fused-ring (bicyclic) bond motifs is 1. The van der Waals surface area contributed by atoms with E-state index in [1.165, 1.54) is 18.4 Å². The summed E-state index contributed by atoms with van der Waals surface area (Å²) in [7, 11) is 2.99. The van der Waals surface area contributed by atoms with Crippen molar-refractivity contribution in [1.82, 2.24) is 9.55 Å². The number of methoxy groups -OCH3 is 2. The van der Waals surface area contributed by atoms with Crippen LogP contribution < -0.4 is 10.3 Å². The maximum Gasteiger partial charge on any atom is 0.305 e. The molecule has 3 rings (SSSR count). The number of aromatic nitrogens is 2. The lowest BCUT2D eigenvalue weighted by Gasteiger charge is -2.12. The van der Waals surface area contributed by atoms with Crippen molar-refractivity contribution in [3.63, 3.8) is 0 Å². The number of rotatable bonds is 6. The minimum atomic E-state index is -0.281. The average molecular weight is 401 g/mol. The number of aryl methyl sites for hydroxylation is 3. The Morgan fingerprint density at radius 3 is 2.64 bits per heavy atom. The van der Waals surface area contributed by atoms with E-state index in [-0.39, 0.29) is 17.9 Å². The molecule has 148 valence electrons. The second kappa shape index (κ2) is 8.14. The molecular formula is C21H24N2O4S. The third-order valence-corrected chi connectivity index (χ3v) is 5.79. The van der Waals surface area contributed by atoms with E-state index in [0.29, 0.717) is 24.2 Å². The molecule has 0 atom stereocenters. The van der Waals surface area contributed by atoms with Crippen LogP contribution in [0.25, 0.3) is 21.3 Å². The summed E-state index contributed by atoms with van der Waals surface area (Å²) < 4.78 is 11.9. The zero-order valence-electron chi connectivity index (χ0n) is 16.8. The van der Waals surface area contributed by atoms with Gasteiger partial charge < -0.3 is 9.47 Å². The summed E-state index contributed by atoms with van der Waals surface area (Å²) >= 11 is 1.51. The molecule has 0 radical (unpaired) electrons. The standard InChI is InChI=1S/C21H24N2O4S/c1-12-8-9-16(26-4)15(11-12)18-13(2)28-20-19(18)21(25)23(14(3)22-20)10-6-7-17(24)27-5/h8-9,11H,6-7,10H2,1-5H3. The highest BCUT2D eigenvalue weighted by atomic mass is 32.1. The van der Waals surface area contributed by atoms with Gasteiger partial charge in [0.2, 0.25) is 0 Å². The SMILES string of the molecule is COC(=O)CCCn1c(C)nc2sc(C)c(-c3cc(C)ccc3OC)c2c1=O. The van der Waals surface area contributed by atoms with E-state index < -0.39 is 0 Å². The van der Waals surface area contributed by atoms with Gasteiger partial charge in [-0.1, -0.05) is 11.6 Å². The van der Waals surface area contributed by atoms with Crippen molar-refractivity contribution in [3.8, 4) is 16.9 Å². The fourth-order valence-corrected chi connectivity index (χ4v) is 4.46. The van der Waals surface area contributed by atoms with Crippen LogP contribution in [-0.4, -0.2) is 29.7 Å². The minimum Gasteiger partial charge on any atom is -0.496 e. The summed E-state index contributed by atoms with van der Waals surface area (Å²) in [6.45, 7) is 6.25. The molecule has 28 heavy (non-hydrogen) atoms. The smallest absolute Gasteiger partial charge is 0.305 e. The van der Waals surface area contributed by atoms with Gasteiger partial charge in [-0.3, -0.25) is 14.2 Å². The molecule has 3 aromatic rings. The molecule has 2 aromatic heterocycles. The lowest BCUT2D eigenvalue weighted by molar-refractivity contribution is -0.140. The van der Waals surface area contributed by atoms with Gasteiger partial charge >= 0.3 is 5.97 Å². The summed E-state index contributed by atoms with van der Waals surface area (Å²) in [5, 5.41) is 0.607. The zero-order chi connectivity index (χ0) is 20.4. The van der Waals surface area contributed by atoms with Crippen LogP contribution in [-0.2, 0) is 16.1 Å². The second-order valence-corrected chi connectivity index (χ2v) is 7.92. The van der Waals surface area contributed by atoms with Crippen LogP contribution >= 0.6 is 11.3 Å². The molecule has 0 fully saturated rings. The Balaban J connectivity index is 2.17. The molecule has 0 unspecified atom stereocenters. The maximum atomic E-state index is 13.4. The highest BCUT2D eigenvalue weighted by molar-refractivity contribution is 7.19. The highest BCUT2D eigenvalue weighted by Crippen LogP contribution is 2.40. The topological polar surface area (TPSA) is 70.4 Å². The first-order valence-corrected chi connectivity index (χ1v) is 9.91. The number of hydrogen-bond acceptors (Lipinski definition) is 6. The van der Waals surface area contributed by atoms with E-state index in [1.807, 2.05) is 39.0 Å². The Labute approximate surface area is 167 Å². The third-order valence-electron chi connectivity index (χ3n) is 4.79. The van der Waals surface area contributed by atoms with Gasteiger partial charge in [-0.25, -0.2) is 4.98 Å². The van der Waals surface area contributed by atoms with Gasteiger partial charge in [0, 0.05) is 29.0 Å². The summed E-state index contributed by atoms with van der Waals surface area (Å²) in [4.78, 5) is 31.2. The van der Waals surface area contributed by atoms with Crippen LogP contribution in [0.4, 0.5) is 0 Å². The zero-order valence-corrected chi connectivity index (χ0v) is 17.6. The number of hydrogen-bond donors (Lipinski definition) is 0. The first-order valence-electron chi connectivity index (χ1n) is 9.09. The molecule has 0 spiro atoms. The van der Waals surface area contributed by atoms with E-state index in [4.69, 9.17) is 4.74 Å². The van der Waals surface area contributed by atoms with Crippen LogP contribution in [0.3, 0.4) is 0 Å². The monoisotopic (exact) mass is 400 g/mol. The van der Waals surface area contributed by atoms with Gasteiger partial charge in [0.25, 0.3) is 5.56 Å². The Morgan fingerprint density at radius 1 is 1.21 bits per heavy atom. The van der Waals surface area contributed by atoms with Gasteiger partial charge in [0.15, 0.2) is 0 Å². The van der Waals surface area contributed by atoms with E-state index in [1.54, 1.807) is 11.7 Å². The molecule has 0 aliphatic rings. The molecular weight excluding hydrogens is 376 g/mol.